The number of carboxylic acid groups (broad SMARTS) is 1. The van der Waals surface area contributed by atoms with Crippen LogP contribution in [-0.2, 0) is 23.7 Å². The summed E-state index contributed by atoms with van der Waals surface area (Å²) in [6.07, 6.45) is 1.69. The summed E-state index contributed by atoms with van der Waals surface area (Å²) in [6, 6.07) is 0. The van der Waals surface area contributed by atoms with Gasteiger partial charge in [0.1, 0.15) is 6.26 Å². The highest BCUT2D eigenvalue weighted by atomic mass is 16.9. The van der Waals surface area contributed by atoms with Crippen molar-refractivity contribution in [2.45, 2.75) is 47.0 Å². The van der Waals surface area contributed by atoms with Crippen molar-refractivity contribution in [3.05, 3.63) is 11.8 Å². The van der Waals surface area contributed by atoms with Gasteiger partial charge in [-0.3, -0.25) is 0 Å². The van der Waals surface area contributed by atoms with Crippen LogP contribution in [-0.4, -0.2) is 78.6 Å². The topological polar surface area (TPSA) is 135 Å². The lowest BCUT2D eigenvalue weighted by Crippen LogP contribution is -2.44. The molecule has 4 N–H and O–H groups in total. The van der Waals surface area contributed by atoms with E-state index in [9.17, 15) is 9.90 Å². The average molecular weight is 396 g/mol. The highest BCUT2D eigenvalue weighted by Crippen LogP contribution is 2.26. The van der Waals surface area contributed by atoms with Crippen molar-refractivity contribution < 1.29 is 44.2 Å². The van der Waals surface area contributed by atoms with Crippen LogP contribution < -0.4 is 0 Å². The number of carbonyl (C=O) groups is 1. The van der Waals surface area contributed by atoms with Crippen molar-refractivity contribution in [3.8, 4) is 0 Å². The standard InChI is InChI=1S/C12H22O6.C6H14O3/c1-5-15-9-10(11(13)14)12(16-6-2,17-7-3)18-8-4;1-2-6(3-7,4-8)5-9/h9H,5-8H2,1-4H3,(H,13,14);7-9H,2-5H2,1H3. The third-order valence-corrected chi connectivity index (χ3v) is 3.69. The largest absolute Gasteiger partial charge is 0.501 e. The molecule has 0 amide bonds. The summed E-state index contributed by atoms with van der Waals surface area (Å²) in [5.74, 6) is -2.93. The van der Waals surface area contributed by atoms with Crippen LogP contribution >= 0.6 is 0 Å². The lowest BCUT2D eigenvalue weighted by atomic mass is 9.88. The van der Waals surface area contributed by atoms with Crippen LogP contribution in [0.4, 0.5) is 0 Å². The normalized spacial score (nSPS) is 12.4. The second kappa shape index (κ2) is 15.8. The first-order chi connectivity index (χ1) is 12.8. The van der Waals surface area contributed by atoms with Crippen LogP contribution in [0.15, 0.2) is 11.8 Å². The van der Waals surface area contributed by atoms with Gasteiger partial charge < -0.3 is 39.4 Å². The molecule has 162 valence electrons. The van der Waals surface area contributed by atoms with Crippen molar-refractivity contribution in [2.75, 3.05) is 46.2 Å². The molecule has 27 heavy (non-hydrogen) atoms. The van der Waals surface area contributed by atoms with Gasteiger partial charge in [-0.15, -0.1) is 0 Å². The van der Waals surface area contributed by atoms with Gasteiger partial charge in [0.05, 0.1) is 26.4 Å². The molecule has 0 aliphatic rings. The zero-order valence-corrected chi connectivity index (χ0v) is 17.1. The molecule has 9 nitrogen and oxygen atoms in total. The van der Waals surface area contributed by atoms with E-state index >= 15 is 0 Å². The molecule has 0 atom stereocenters. The summed E-state index contributed by atoms with van der Waals surface area (Å²) in [5.41, 5.74) is -0.880. The predicted octanol–water partition coefficient (Wildman–Crippen LogP) is 1.11. The van der Waals surface area contributed by atoms with E-state index in [2.05, 4.69) is 0 Å². The molecule has 0 aliphatic heterocycles. The Labute approximate surface area is 161 Å². The maximum Gasteiger partial charge on any atom is 0.343 e. The van der Waals surface area contributed by atoms with Gasteiger partial charge in [0.15, 0.2) is 5.57 Å². The van der Waals surface area contributed by atoms with E-state index in [1.807, 2.05) is 6.92 Å². The van der Waals surface area contributed by atoms with Crippen molar-refractivity contribution in [1.82, 2.24) is 0 Å². The molecule has 0 rings (SSSR count). The molecule has 0 unspecified atom stereocenters. The number of aliphatic hydroxyl groups is 3. The molecule has 0 saturated carbocycles. The number of rotatable bonds is 14. The summed E-state index contributed by atoms with van der Waals surface area (Å²) in [6.45, 7) is 9.38. The fraction of sp³-hybridized carbons (Fsp3) is 0.833. The van der Waals surface area contributed by atoms with E-state index in [0.717, 1.165) is 6.26 Å². The van der Waals surface area contributed by atoms with Crippen LogP contribution in [0.5, 0.6) is 0 Å². The maximum atomic E-state index is 11.3. The SMILES string of the molecule is CCC(CO)(CO)CO.CCOC=C(C(=O)O)C(OCC)(OCC)OCC. The second-order valence-electron chi connectivity index (χ2n) is 5.48. The minimum absolute atomic E-state index is 0.156. The molecule has 0 bridgehead atoms. The van der Waals surface area contributed by atoms with Crippen molar-refractivity contribution in [2.24, 2.45) is 5.41 Å². The monoisotopic (exact) mass is 396 g/mol. The van der Waals surface area contributed by atoms with Gasteiger partial charge in [0.2, 0.25) is 0 Å². The summed E-state index contributed by atoms with van der Waals surface area (Å²) in [7, 11) is 0. The Morgan fingerprint density at radius 1 is 0.815 bits per heavy atom. The molecule has 0 saturated heterocycles. The summed E-state index contributed by atoms with van der Waals surface area (Å²) in [4.78, 5) is 11.3. The van der Waals surface area contributed by atoms with Crippen LogP contribution in [0, 0.1) is 5.41 Å². The maximum absolute atomic E-state index is 11.3. The van der Waals surface area contributed by atoms with Gasteiger partial charge in [-0.05, 0) is 34.1 Å². The number of aliphatic hydroxyl groups excluding tert-OH is 3. The Hall–Kier alpha value is -1.23. The van der Waals surface area contributed by atoms with Gasteiger partial charge in [-0.25, -0.2) is 4.79 Å². The minimum Gasteiger partial charge on any atom is -0.501 e. The number of carboxylic acids is 1. The Kier molecular flexibility index (Phi) is 16.4. The molecule has 0 heterocycles. The number of hydrogen-bond acceptors (Lipinski definition) is 8. The second-order valence-corrected chi connectivity index (χ2v) is 5.48. The van der Waals surface area contributed by atoms with Crippen molar-refractivity contribution in [3.63, 3.8) is 0 Å². The van der Waals surface area contributed by atoms with Crippen LogP contribution in [0.1, 0.15) is 41.0 Å². The summed E-state index contributed by atoms with van der Waals surface area (Å²) in [5, 5.41) is 35.2. The molecule has 0 aromatic rings. The van der Waals surface area contributed by atoms with Gasteiger partial charge in [-0.1, -0.05) is 6.92 Å². The fourth-order valence-corrected chi connectivity index (χ4v) is 1.83. The third kappa shape index (κ3) is 9.50. The predicted molar refractivity (Wildman–Crippen MR) is 98.9 cm³/mol. The molecule has 0 spiro atoms. The number of aliphatic carboxylic acids is 1. The minimum atomic E-state index is -1.72. The Bertz CT molecular complexity index is 371. The molecule has 0 fully saturated rings. The first-order valence-corrected chi connectivity index (χ1v) is 9.12. The van der Waals surface area contributed by atoms with Gasteiger partial charge >= 0.3 is 11.9 Å². The third-order valence-electron chi connectivity index (χ3n) is 3.69. The number of hydrogen-bond donors (Lipinski definition) is 4. The molecular formula is C18H36O9. The van der Waals surface area contributed by atoms with Crippen LogP contribution in [0.3, 0.4) is 0 Å². The Morgan fingerprint density at radius 3 is 1.41 bits per heavy atom. The molecular weight excluding hydrogens is 360 g/mol. The quantitative estimate of drug-likeness (QED) is 0.193. The first kappa shape index (κ1) is 28.0. The smallest absolute Gasteiger partial charge is 0.343 e. The number of ether oxygens (including phenoxy) is 4. The zero-order valence-electron chi connectivity index (χ0n) is 17.1. The van der Waals surface area contributed by atoms with E-state index < -0.39 is 17.4 Å². The summed E-state index contributed by atoms with van der Waals surface area (Å²) >= 11 is 0. The highest BCUT2D eigenvalue weighted by molar-refractivity contribution is 5.87. The lowest BCUT2D eigenvalue weighted by Gasteiger charge is -2.32. The van der Waals surface area contributed by atoms with E-state index in [4.69, 9.17) is 34.3 Å². The molecule has 0 aromatic heterocycles. The highest BCUT2D eigenvalue weighted by Gasteiger charge is 2.42. The Morgan fingerprint density at radius 2 is 1.22 bits per heavy atom. The first-order valence-electron chi connectivity index (χ1n) is 9.12. The Balaban J connectivity index is 0. The molecule has 0 radical (unpaired) electrons. The summed E-state index contributed by atoms with van der Waals surface area (Å²) < 4.78 is 21.1. The van der Waals surface area contributed by atoms with Crippen LogP contribution in [0.2, 0.25) is 0 Å². The van der Waals surface area contributed by atoms with Gasteiger partial charge in [0.25, 0.3) is 0 Å². The van der Waals surface area contributed by atoms with Gasteiger partial charge in [0, 0.05) is 25.2 Å². The molecule has 9 heteroatoms. The zero-order chi connectivity index (χ0) is 21.3. The van der Waals surface area contributed by atoms with Crippen molar-refractivity contribution >= 4 is 5.97 Å². The molecule has 0 aliphatic carbocycles. The van der Waals surface area contributed by atoms with E-state index in [-0.39, 0.29) is 45.2 Å². The van der Waals surface area contributed by atoms with E-state index in [1.54, 1.807) is 27.7 Å². The van der Waals surface area contributed by atoms with Crippen LogP contribution in [0.25, 0.3) is 0 Å². The molecule has 0 aromatic carbocycles. The average Bonchev–Trinajstić information content (AvgIpc) is 2.65. The van der Waals surface area contributed by atoms with Gasteiger partial charge in [-0.2, -0.15) is 0 Å². The van der Waals surface area contributed by atoms with Crippen molar-refractivity contribution in [1.29, 1.82) is 0 Å². The van der Waals surface area contributed by atoms with E-state index in [1.165, 1.54) is 0 Å². The van der Waals surface area contributed by atoms with E-state index in [0.29, 0.717) is 13.0 Å². The lowest BCUT2D eigenvalue weighted by molar-refractivity contribution is -0.352. The fourth-order valence-electron chi connectivity index (χ4n) is 1.83.